The lowest BCUT2D eigenvalue weighted by Gasteiger charge is -2.40. The van der Waals surface area contributed by atoms with Crippen LogP contribution in [0.15, 0.2) is 4.52 Å². The molecule has 2 atom stereocenters. The van der Waals surface area contributed by atoms with Crippen LogP contribution in [-0.4, -0.2) is 34.7 Å². The van der Waals surface area contributed by atoms with Gasteiger partial charge in [0.25, 0.3) is 0 Å². The summed E-state index contributed by atoms with van der Waals surface area (Å²) in [5.41, 5.74) is 6.06. The van der Waals surface area contributed by atoms with E-state index in [0.717, 1.165) is 25.3 Å². The number of hydrogen-bond donors (Lipinski definition) is 1. The van der Waals surface area contributed by atoms with Crippen molar-refractivity contribution in [3.8, 4) is 0 Å². The average Bonchev–Trinajstić information content (AvgIpc) is 3.02. The molecule has 94 valence electrons. The molecule has 1 saturated carbocycles. The lowest BCUT2D eigenvalue weighted by atomic mass is 9.84. The fourth-order valence-corrected chi connectivity index (χ4v) is 2.52. The molecular weight excluding hydrogens is 216 g/mol. The van der Waals surface area contributed by atoms with Crippen LogP contribution in [0.25, 0.3) is 0 Å². The highest BCUT2D eigenvalue weighted by atomic mass is 16.5. The van der Waals surface area contributed by atoms with Gasteiger partial charge < -0.3 is 15.2 Å². The maximum atomic E-state index is 6.46. The molecule has 2 fully saturated rings. The molecule has 1 aliphatic carbocycles. The molecule has 5 heteroatoms. The van der Waals surface area contributed by atoms with Crippen molar-refractivity contribution in [2.45, 2.75) is 50.1 Å². The first kappa shape index (κ1) is 11.2. The number of nitrogens with zero attached hydrogens (tertiary/aromatic N) is 3. The smallest absolute Gasteiger partial charge is 0.229 e. The van der Waals surface area contributed by atoms with Crippen molar-refractivity contribution in [2.75, 3.05) is 13.6 Å². The van der Waals surface area contributed by atoms with Crippen molar-refractivity contribution in [1.82, 2.24) is 15.0 Å². The SMILES string of the molecule is CC1CC(N)(c2noc(C3CC3)n2)CCN1C. The lowest BCUT2D eigenvalue weighted by molar-refractivity contribution is 0.125. The minimum Gasteiger partial charge on any atom is -0.339 e. The number of rotatable bonds is 2. The van der Waals surface area contributed by atoms with Crippen molar-refractivity contribution in [3.05, 3.63) is 11.7 Å². The van der Waals surface area contributed by atoms with Gasteiger partial charge in [0.1, 0.15) is 0 Å². The Balaban J connectivity index is 1.81. The van der Waals surface area contributed by atoms with Gasteiger partial charge in [-0.3, -0.25) is 0 Å². The molecule has 2 N–H and O–H groups in total. The van der Waals surface area contributed by atoms with Crippen LogP contribution in [-0.2, 0) is 5.54 Å². The topological polar surface area (TPSA) is 68.2 Å². The van der Waals surface area contributed by atoms with Gasteiger partial charge in [-0.1, -0.05) is 5.16 Å². The van der Waals surface area contributed by atoms with Gasteiger partial charge in [-0.2, -0.15) is 4.98 Å². The van der Waals surface area contributed by atoms with Crippen molar-refractivity contribution >= 4 is 0 Å². The third-order valence-corrected chi connectivity index (χ3v) is 4.14. The first-order valence-corrected chi connectivity index (χ1v) is 6.42. The van der Waals surface area contributed by atoms with Crippen LogP contribution < -0.4 is 5.73 Å². The van der Waals surface area contributed by atoms with Gasteiger partial charge in [0.05, 0.1) is 5.54 Å². The molecule has 0 bridgehead atoms. The fourth-order valence-electron chi connectivity index (χ4n) is 2.52. The summed E-state index contributed by atoms with van der Waals surface area (Å²) in [6.45, 7) is 3.19. The molecule has 2 unspecified atom stereocenters. The van der Waals surface area contributed by atoms with Crippen LogP contribution in [0, 0.1) is 0 Å². The third-order valence-electron chi connectivity index (χ3n) is 4.14. The Hall–Kier alpha value is -0.940. The zero-order valence-corrected chi connectivity index (χ0v) is 10.5. The maximum Gasteiger partial charge on any atom is 0.229 e. The summed E-state index contributed by atoms with van der Waals surface area (Å²) < 4.78 is 5.31. The van der Waals surface area contributed by atoms with Gasteiger partial charge >= 0.3 is 0 Å². The fraction of sp³-hybridized carbons (Fsp3) is 0.833. The molecule has 1 aromatic rings. The van der Waals surface area contributed by atoms with E-state index in [-0.39, 0.29) is 0 Å². The van der Waals surface area contributed by atoms with Gasteiger partial charge in [0, 0.05) is 18.5 Å². The number of likely N-dealkylation sites (tertiary alicyclic amines) is 1. The van der Waals surface area contributed by atoms with Gasteiger partial charge in [-0.05, 0) is 39.7 Å². The molecule has 0 amide bonds. The molecule has 2 aliphatic rings. The Labute approximate surface area is 101 Å². The van der Waals surface area contributed by atoms with Crippen LogP contribution in [0.2, 0.25) is 0 Å². The van der Waals surface area contributed by atoms with Gasteiger partial charge in [0.15, 0.2) is 5.82 Å². The minimum atomic E-state index is -0.400. The first-order valence-electron chi connectivity index (χ1n) is 6.42. The standard InChI is InChI=1S/C12H20N4O/c1-8-7-12(13,5-6-16(8)2)11-14-10(17-15-11)9-3-4-9/h8-9H,3-7,13H2,1-2H3. The maximum absolute atomic E-state index is 6.46. The van der Waals surface area contributed by atoms with E-state index < -0.39 is 5.54 Å². The summed E-state index contributed by atoms with van der Waals surface area (Å²) in [6.07, 6.45) is 4.15. The summed E-state index contributed by atoms with van der Waals surface area (Å²) >= 11 is 0. The molecular formula is C12H20N4O. The Morgan fingerprint density at radius 2 is 2.24 bits per heavy atom. The van der Waals surface area contributed by atoms with E-state index in [1.165, 1.54) is 12.8 Å². The zero-order chi connectivity index (χ0) is 12.0. The highest BCUT2D eigenvalue weighted by molar-refractivity contribution is 5.10. The van der Waals surface area contributed by atoms with E-state index in [1.807, 2.05) is 0 Å². The quantitative estimate of drug-likeness (QED) is 0.836. The van der Waals surface area contributed by atoms with Gasteiger partial charge in [-0.15, -0.1) is 0 Å². The molecule has 0 radical (unpaired) electrons. The normalized spacial score (nSPS) is 35.1. The zero-order valence-electron chi connectivity index (χ0n) is 10.5. The van der Waals surface area contributed by atoms with Crippen LogP contribution >= 0.6 is 0 Å². The van der Waals surface area contributed by atoms with E-state index in [1.54, 1.807) is 0 Å². The van der Waals surface area contributed by atoms with Crippen molar-refractivity contribution in [2.24, 2.45) is 5.73 Å². The highest BCUT2D eigenvalue weighted by Gasteiger charge is 2.40. The Morgan fingerprint density at radius 1 is 1.47 bits per heavy atom. The molecule has 1 aromatic heterocycles. The summed E-state index contributed by atoms with van der Waals surface area (Å²) in [5, 5.41) is 4.10. The average molecular weight is 236 g/mol. The highest BCUT2D eigenvalue weighted by Crippen LogP contribution is 2.40. The van der Waals surface area contributed by atoms with Gasteiger partial charge in [-0.25, -0.2) is 0 Å². The molecule has 2 heterocycles. The molecule has 1 saturated heterocycles. The predicted molar refractivity (Wildman–Crippen MR) is 63.5 cm³/mol. The summed E-state index contributed by atoms with van der Waals surface area (Å²) in [4.78, 5) is 6.83. The van der Waals surface area contributed by atoms with E-state index in [2.05, 4.69) is 29.0 Å². The Morgan fingerprint density at radius 3 is 2.88 bits per heavy atom. The van der Waals surface area contributed by atoms with E-state index in [4.69, 9.17) is 10.3 Å². The lowest BCUT2D eigenvalue weighted by Crippen LogP contribution is -2.51. The second-order valence-electron chi connectivity index (χ2n) is 5.67. The van der Waals surface area contributed by atoms with Crippen molar-refractivity contribution in [1.29, 1.82) is 0 Å². The Kier molecular flexibility index (Phi) is 2.48. The number of hydrogen-bond acceptors (Lipinski definition) is 5. The first-order chi connectivity index (χ1) is 8.08. The van der Waals surface area contributed by atoms with E-state index in [9.17, 15) is 0 Å². The van der Waals surface area contributed by atoms with Crippen LogP contribution in [0.1, 0.15) is 50.2 Å². The largest absolute Gasteiger partial charge is 0.339 e. The molecule has 0 aromatic carbocycles. The summed E-state index contributed by atoms with van der Waals surface area (Å²) in [7, 11) is 2.14. The van der Waals surface area contributed by atoms with Gasteiger partial charge in [0.2, 0.25) is 5.89 Å². The van der Waals surface area contributed by atoms with Crippen LogP contribution in [0.4, 0.5) is 0 Å². The minimum absolute atomic E-state index is 0.400. The number of piperidine rings is 1. The third kappa shape index (κ3) is 1.98. The van der Waals surface area contributed by atoms with Crippen molar-refractivity contribution in [3.63, 3.8) is 0 Å². The molecule has 1 aliphatic heterocycles. The number of aromatic nitrogens is 2. The summed E-state index contributed by atoms with van der Waals surface area (Å²) in [5.74, 6) is 2.00. The van der Waals surface area contributed by atoms with Crippen molar-refractivity contribution < 1.29 is 4.52 Å². The van der Waals surface area contributed by atoms with Crippen LogP contribution in [0.5, 0.6) is 0 Å². The Bertz CT molecular complexity index is 414. The predicted octanol–water partition coefficient (Wildman–Crippen LogP) is 1.22. The van der Waals surface area contributed by atoms with Crippen LogP contribution in [0.3, 0.4) is 0 Å². The monoisotopic (exact) mass is 236 g/mol. The van der Waals surface area contributed by atoms with E-state index in [0.29, 0.717) is 17.8 Å². The van der Waals surface area contributed by atoms with E-state index >= 15 is 0 Å². The summed E-state index contributed by atoms with van der Waals surface area (Å²) in [6, 6.07) is 0.469. The molecule has 5 nitrogen and oxygen atoms in total. The molecule has 0 spiro atoms. The second kappa shape index (κ2) is 3.78. The second-order valence-corrected chi connectivity index (χ2v) is 5.67. The molecule has 3 rings (SSSR count). The number of nitrogens with two attached hydrogens (primary N) is 1. The molecule has 17 heavy (non-hydrogen) atoms.